The van der Waals surface area contributed by atoms with Gasteiger partial charge in [0.2, 0.25) is 0 Å². The van der Waals surface area contributed by atoms with E-state index in [2.05, 4.69) is 231 Å². The van der Waals surface area contributed by atoms with Crippen LogP contribution in [0.2, 0.25) is 0 Å². The Morgan fingerprint density at radius 2 is 1.00 bits per heavy atom. The Morgan fingerprint density at radius 1 is 0.459 bits per heavy atom. The maximum Gasteiger partial charge on any atom is 0.297 e. The van der Waals surface area contributed by atoms with Gasteiger partial charge in [-0.05, 0) is 121 Å². The fourth-order valence-corrected chi connectivity index (χ4v) is 9.59. The number of benzene rings is 7. The number of hydrogen-bond donors (Lipinski definition) is 0. The molecule has 0 atom stereocenters. The van der Waals surface area contributed by atoms with Crippen LogP contribution in [0.25, 0.3) is 33.2 Å². The number of rotatable bonds is 4. The predicted octanol–water partition coefficient (Wildman–Crippen LogP) is 14.1. The van der Waals surface area contributed by atoms with E-state index >= 15 is 0 Å². The highest BCUT2D eigenvalue weighted by molar-refractivity contribution is 6.99. The summed E-state index contributed by atoms with van der Waals surface area (Å²) in [7, 11) is 0. The van der Waals surface area contributed by atoms with E-state index in [9.17, 15) is 0 Å². The molecular weight excluding hydrogens is 739 g/mol. The molecule has 0 unspecified atom stereocenters. The third-order valence-electron chi connectivity index (χ3n) is 12.9. The van der Waals surface area contributed by atoms with Gasteiger partial charge in [-0.15, -0.1) is 0 Å². The van der Waals surface area contributed by atoms with Crippen LogP contribution in [0.15, 0.2) is 156 Å². The second kappa shape index (κ2) is 13.9. The Kier molecular flexibility index (Phi) is 8.86. The molecule has 61 heavy (non-hydrogen) atoms. The van der Waals surface area contributed by atoms with Crippen molar-refractivity contribution >= 4 is 68.2 Å². The van der Waals surface area contributed by atoms with Crippen LogP contribution in [0, 0.1) is 6.92 Å². The van der Waals surface area contributed by atoms with Gasteiger partial charge in [-0.3, -0.25) is 0 Å². The van der Waals surface area contributed by atoms with Gasteiger partial charge < -0.3 is 14.2 Å². The van der Waals surface area contributed by atoms with Crippen molar-refractivity contribution in [1.82, 2.24) is 0 Å². The molecular formula is C57H55BN2O. The number of hydrogen-bond acceptors (Lipinski definition) is 3. The smallest absolute Gasteiger partial charge is 0.297 e. The fourth-order valence-electron chi connectivity index (χ4n) is 9.59. The van der Waals surface area contributed by atoms with Gasteiger partial charge in [0.25, 0.3) is 6.71 Å². The molecule has 2 aliphatic rings. The lowest BCUT2D eigenvalue weighted by molar-refractivity contribution is 0.590. The average molecular weight is 795 g/mol. The molecule has 4 heteroatoms. The Balaban J connectivity index is 1.33. The van der Waals surface area contributed by atoms with Crippen molar-refractivity contribution in [3.8, 4) is 22.5 Å². The van der Waals surface area contributed by atoms with E-state index in [1.807, 2.05) is 0 Å². The highest BCUT2D eigenvalue weighted by atomic mass is 16.3. The van der Waals surface area contributed by atoms with Crippen molar-refractivity contribution in [2.45, 2.75) is 85.5 Å². The molecule has 0 bridgehead atoms. The van der Waals surface area contributed by atoms with E-state index in [4.69, 9.17) is 4.42 Å². The average Bonchev–Trinajstić information content (AvgIpc) is 3.63. The van der Waals surface area contributed by atoms with Gasteiger partial charge in [0.05, 0.1) is 16.9 Å². The molecule has 0 saturated heterocycles. The number of furan rings is 1. The van der Waals surface area contributed by atoms with Gasteiger partial charge in [0, 0.05) is 34.0 Å². The summed E-state index contributed by atoms with van der Waals surface area (Å²) >= 11 is 0. The number of anilines is 6. The zero-order chi connectivity index (χ0) is 42.6. The summed E-state index contributed by atoms with van der Waals surface area (Å²) in [4.78, 5) is 5.02. The third kappa shape index (κ3) is 6.50. The van der Waals surface area contributed by atoms with Gasteiger partial charge in [-0.1, -0.05) is 165 Å². The van der Waals surface area contributed by atoms with E-state index in [0.717, 1.165) is 45.2 Å². The maximum absolute atomic E-state index is 7.65. The highest BCUT2D eigenvalue weighted by Gasteiger charge is 2.48. The lowest BCUT2D eigenvalue weighted by Gasteiger charge is -2.43. The Bertz CT molecular complexity index is 2970. The molecule has 10 rings (SSSR count). The Morgan fingerprint density at radius 3 is 1.61 bits per heavy atom. The Labute approximate surface area is 362 Å². The molecule has 1 aromatic heterocycles. The quantitative estimate of drug-likeness (QED) is 0.165. The number of fused-ring (bicyclic) bond motifs is 5. The summed E-state index contributed by atoms with van der Waals surface area (Å²) in [5, 5.41) is 2.40. The van der Waals surface area contributed by atoms with E-state index < -0.39 is 0 Å². The molecule has 0 radical (unpaired) electrons. The topological polar surface area (TPSA) is 19.6 Å². The predicted molar refractivity (Wildman–Crippen MR) is 262 cm³/mol. The SMILES string of the molecule is Cc1cc2c3c(c1)N(c1ccc(C(C)(C)C)cc1)c1c(oc(-c4ccc5ccccc5c4)c1-c1ccccc1)B3c1cc(C(C)(C)C)ccc1N2c1ccc(C(C)(C)C)cc1. The molecule has 0 N–H and O–H groups in total. The summed E-state index contributed by atoms with van der Waals surface area (Å²) in [6.07, 6.45) is 0. The van der Waals surface area contributed by atoms with Crippen LogP contribution in [-0.4, -0.2) is 6.71 Å². The lowest BCUT2D eigenvalue weighted by Crippen LogP contribution is -2.61. The molecule has 0 spiro atoms. The summed E-state index contributed by atoms with van der Waals surface area (Å²) in [5.74, 6) is 0.887. The van der Waals surface area contributed by atoms with Crippen LogP contribution in [0.4, 0.5) is 34.1 Å². The van der Waals surface area contributed by atoms with Crippen LogP contribution >= 0.6 is 0 Å². The van der Waals surface area contributed by atoms with Crippen LogP contribution in [-0.2, 0) is 16.2 Å². The van der Waals surface area contributed by atoms with E-state index in [1.165, 1.54) is 61.0 Å². The summed E-state index contributed by atoms with van der Waals surface area (Å²) in [6, 6.07) is 56.7. The standard InChI is InChI=1S/C57H55BN2O/c1-36-32-48-51-49(33-36)60(45-29-24-42(25-30-45)56(5,6)7)52-50(38-17-12-11-13-18-38)53(40-21-20-37-16-14-15-19-39(37)34-40)61-54(52)58(51)46-35-43(57(8,9)10)26-31-47(46)59(48)44-27-22-41(23-28-44)55(2,3)4/h11-35H,1-10H3. The van der Waals surface area contributed by atoms with E-state index in [-0.39, 0.29) is 23.0 Å². The highest BCUT2D eigenvalue weighted by Crippen LogP contribution is 2.51. The van der Waals surface area contributed by atoms with Crippen molar-refractivity contribution in [2.24, 2.45) is 0 Å². The minimum Gasteiger partial charge on any atom is -0.467 e. The van der Waals surface area contributed by atoms with Crippen LogP contribution < -0.4 is 26.4 Å². The van der Waals surface area contributed by atoms with Crippen molar-refractivity contribution in [2.75, 3.05) is 9.80 Å². The number of nitrogens with zero attached hydrogens (tertiary/aromatic N) is 2. The summed E-state index contributed by atoms with van der Waals surface area (Å²) in [5.41, 5.74) is 18.8. The molecule has 0 fully saturated rings. The second-order valence-corrected chi connectivity index (χ2v) is 20.4. The first-order valence-electron chi connectivity index (χ1n) is 21.9. The largest absolute Gasteiger partial charge is 0.467 e. The molecule has 2 aliphatic heterocycles. The molecule has 3 nitrogen and oxygen atoms in total. The molecule has 3 heterocycles. The maximum atomic E-state index is 7.65. The van der Waals surface area contributed by atoms with E-state index in [0.29, 0.717) is 0 Å². The van der Waals surface area contributed by atoms with E-state index in [1.54, 1.807) is 0 Å². The summed E-state index contributed by atoms with van der Waals surface area (Å²) < 4.78 is 7.65. The Hall–Kier alpha value is -6.26. The lowest BCUT2D eigenvalue weighted by atomic mass is 9.35. The van der Waals surface area contributed by atoms with Crippen LogP contribution in [0.5, 0.6) is 0 Å². The number of aryl methyl sites for hydroxylation is 1. The van der Waals surface area contributed by atoms with Crippen molar-refractivity contribution in [1.29, 1.82) is 0 Å². The van der Waals surface area contributed by atoms with Gasteiger partial charge in [-0.25, -0.2) is 0 Å². The normalized spacial score (nSPS) is 13.6. The first-order chi connectivity index (χ1) is 29.1. The van der Waals surface area contributed by atoms with Gasteiger partial charge in [0.1, 0.15) is 5.76 Å². The van der Waals surface area contributed by atoms with Crippen molar-refractivity contribution in [3.05, 3.63) is 174 Å². The fraction of sp³-hybridized carbons (Fsp3) is 0.228. The van der Waals surface area contributed by atoms with Gasteiger partial charge >= 0.3 is 0 Å². The van der Waals surface area contributed by atoms with Crippen LogP contribution in [0.1, 0.15) is 84.6 Å². The van der Waals surface area contributed by atoms with Gasteiger partial charge in [-0.2, -0.15) is 0 Å². The monoisotopic (exact) mass is 794 g/mol. The molecule has 0 amide bonds. The first kappa shape index (κ1) is 38.9. The first-order valence-corrected chi connectivity index (χ1v) is 21.9. The molecule has 7 aromatic carbocycles. The molecule has 0 saturated carbocycles. The summed E-state index contributed by atoms with van der Waals surface area (Å²) in [6.45, 7) is 22.7. The molecule has 302 valence electrons. The van der Waals surface area contributed by atoms with Crippen molar-refractivity contribution < 1.29 is 4.42 Å². The molecule has 8 aromatic rings. The van der Waals surface area contributed by atoms with Gasteiger partial charge in [0.15, 0.2) is 0 Å². The zero-order valence-electron chi connectivity index (χ0n) is 37.3. The minimum absolute atomic E-state index is 0.0186. The molecule has 0 aliphatic carbocycles. The minimum atomic E-state index is -0.162. The van der Waals surface area contributed by atoms with Crippen LogP contribution in [0.3, 0.4) is 0 Å². The zero-order valence-corrected chi connectivity index (χ0v) is 37.3. The second-order valence-electron chi connectivity index (χ2n) is 20.4. The third-order valence-corrected chi connectivity index (χ3v) is 12.9. The van der Waals surface area contributed by atoms with Crippen molar-refractivity contribution in [3.63, 3.8) is 0 Å².